The van der Waals surface area contributed by atoms with Gasteiger partial charge in [-0.15, -0.1) is 0 Å². The van der Waals surface area contributed by atoms with Gasteiger partial charge >= 0.3 is 0 Å². The fourth-order valence-corrected chi connectivity index (χ4v) is 2.45. The zero-order valence-electron chi connectivity index (χ0n) is 12.0. The van der Waals surface area contributed by atoms with E-state index in [9.17, 15) is 0 Å². The summed E-state index contributed by atoms with van der Waals surface area (Å²) in [5.74, 6) is 0.811. The van der Waals surface area contributed by atoms with Crippen molar-refractivity contribution in [1.29, 1.82) is 0 Å². The topological polar surface area (TPSA) is 53.1 Å². The Balaban J connectivity index is 2.36. The van der Waals surface area contributed by atoms with E-state index in [-0.39, 0.29) is 0 Å². The van der Waals surface area contributed by atoms with E-state index in [2.05, 4.69) is 25.9 Å². The number of hydrogen-bond donors (Lipinski definition) is 1. The van der Waals surface area contributed by atoms with E-state index in [0.717, 1.165) is 23.4 Å². The molecule has 0 atom stereocenters. The third-order valence-corrected chi connectivity index (χ3v) is 3.52. The average Bonchev–Trinajstić information content (AvgIpc) is 2.66. The number of nitrogen functional groups attached to an aromatic ring is 1. The van der Waals surface area contributed by atoms with Gasteiger partial charge in [0, 0.05) is 23.0 Å². The van der Waals surface area contributed by atoms with E-state index < -0.39 is 0 Å². The molecule has 0 saturated heterocycles. The average molecular weight is 259 g/mol. The summed E-state index contributed by atoms with van der Waals surface area (Å²) in [6, 6.07) is 5.74. The predicted octanol–water partition coefficient (Wildman–Crippen LogP) is 2.70. The zero-order valence-corrected chi connectivity index (χ0v) is 12.0. The second-order valence-electron chi connectivity index (χ2n) is 4.73. The molecule has 2 N–H and O–H groups in total. The van der Waals surface area contributed by atoms with Gasteiger partial charge in [-0.1, -0.05) is 13.0 Å². The normalized spacial score (nSPS) is 10.7. The number of anilines is 1. The third kappa shape index (κ3) is 2.57. The first-order chi connectivity index (χ1) is 9.06. The fraction of sp³-hybridized carbons (Fsp3) is 0.400. The Morgan fingerprint density at radius 1 is 1.32 bits per heavy atom. The summed E-state index contributed by atoms with van der Waals surface area (Å²) in [4.78, 5) is 0. The number of benzene rings is 1. The van der Waals surface area contributed by atoms with Crippen molar-refractivity contribution in [3.63, 3.8) is 0 Å². The molecule has 0 radical (unpaired) electrons. The molecule has 1 aromatic heterocycles. The molecule has 4 heteroatoms. The molecule has 102 valence electrons. The van der Waals surface area contributed by atoms with Crippen LogP contribution in [0.15, 0.2) is 18.2 Å². The summed E-state index contributed by atoms with van der Waals surface area (Å²) in [7, 11) is 1.66. The van der Waals surface area contributed by atoms with Crippen molar-refractivity contribution in [3.05, 3.63) is 40.7 Å². The van der Waals surface area contributed by atoms with Crippen LogP contribution in [-0.2, 0) is 13.0 Å². The van der Waals surface area contributed by atoms with Gasteiger partial charge in [0.2, 0.25) is 0 Å². The number of nitrogens with zero attached hydrogens (tertiary/aromatic N) is 2. The Kier molecular flexibility index (Phi) is 3.79. The molecule has 0 aliphatic carbocycles. The summed E-state index contributed by atoms with van der Waals surface area (Å²) in [5, 5.41) is 4.60. The van der Waals surface area contributed by atoms with Crippen LogP contribution in [0, 0.1) is 13.8 Å². The molecular formula is C15H21N3O. The number of aromatic nitrogens is 2. The van der Waals surface area contributed by atoms with Crippen molar-refractivity contribution in [1.82, 2.24) is 9.78 Å². The molecule has 0 spiro atoms. The summed E-state index contributed by atoms with van der Waals surface area (Å²) in [6.45, 7) is 7.03. The minimum absolute atomic E-state index is 0.704. The molecule has 0 aliphatic heterocycles. The first kappa shape index (κ1) is 13.5. The van der Waals surface area contributed by atoms with E-state index in [0.29, 0.717) is 12.2 Å². The number of ether oxygens (including phenoxy) is 1. The maximum atomic E-state index is 5.77. The second-order valence-corrected chi connectivity index (χ2v) is 4.73. The summed E-state index contributed by atoms with van der Waals surface area (Å²) >= 11 is 0. The van der Waals surface area contributed by atoms with E-state index in [4.69, 9.17) is 10.5 Å². The minimum atomic E-state index is 0.704. The van der Waals surface area contributed by atoms with Gasteiger partial charge in [-0.25, -0.2) is 0 Å². The molecule has 0 bridgehead atoms. The number of rotatable bonds is 4. The van der Waals surface area contributed by atoms with Gasteiger partial charge in [-0.3, -0.25) is 4.68 Å². The van der Waals surface area contributed by atoms with Crippen molar-refractivity contribution >= 4 is 5.69 Å². The van der Waals surface area contributed by atoms with Gasteiger partial charge in [0.1, 0.15) is 5.75 Å². The molecule has 1 heterocycles. The zero-order chi connectivity index (χ0) is 14.0. The van der Waals surface area contributed by atoms with Crippen LogP contribution in [0.2, 0.25) is 0 Å². The summed E-state index contributed by atoms with van der Waals surface area (Å²) in [6.07, 6.45) is 1.01. The van der Waals surface area contributed by atoms with Crippen LogP contribution in [0.3, 0.4) is 0 Å². The minimum Gasteiger partial charge on any atom is -0.496 e. The molecule has 0 saturated carbocycles. The highest BCUT2D eigenvalue weighted by atomic mass is 16.5. The van der Waals surface area contributed by atoms with Crippen LogP contribution >= 0.6 is 0 Å². The quantitative estimate of drug-likeness (QED) is 0.859. The van der Waals surface area contributed by atoms with Gasteiger partial charge in [0.15, 0.2) is 0 Å². The monoisotopic (exact) mass is 259 g/mol. The van der Waals surface area contributed by atoms with E-state index >= 15 is 0 Å². The van der Waals surface area contributed by atoms with Crippen molar-refractivity contribution in [2.45, 2.75) is 33.7 Å². The SMILES string of the molecule is CCc1c(C)nn(Cc2ccc(N)cc2OC)c1C. The smallest absolute Gasteiger partial charge is 0.125 e. The predicted molar refractivity (Wildman–Crippen MR) is 77.6 cm³/mol. The van der Waals surface area contributed by atoms with E-state index in [1.54, 1.807) is 7.11 Å². The Morgan fingerprint density at radius 3 is 2.63 bits per heavy atom. The van der Waals surface area contributed by atoms with E-state index in [1.807, 2.05) is 22.9 Å². The van der Waals surface area contributed by atoms with Crippen LogP contribution in [-0.4, -0.2) is 16.9 Å². The highest BCUT2D eigenvalue weighted by Crippen LogP contribution is 2.23. The lowest BCUT2D eigenvalue weighted by molar-refractivity contribution is 0.407. The molecule has 19 heavy (non-hydrogen) atoms. The lowest BCUT2D eigenvalue weighted by Gasteiger charge is -2.11. The molecule has 2 aromatic rings. The molecule has 0 amide bonds. The molecule has 0 unspecified atom stereocenters. The molecule has 0 aliphatic rings. The molecule has 2 rings (SSSR count). The van der Waals surface area contributed by atoms with Crippen molar-refractivity contribution in [2.24, 2.45) is 0 Å². The lowest BCUT2D eigenvalue weighted by atomic mass is 10.1. The van der Waals surface area contributed by atoms with Crippen LogP contribution in [0.1, 0.15) is 29.4 Å². The highest BCUT2D eigenvalue weighted by Gasteiger charge is 2.12. The maximum Gasteiger partial charge on any atom is 0.125 e. The summed E-state index contributed by atoms with van der Waals surface area (Å²) in [5.41, 5.74) is 11.2. The van der Waals surface area contributed by atoms with Crippen LogP contribution in [0.25, 0.3) is 0 Å². The van der Waals surface area contributed by atoms with Gasteiger partial charge in [-0.2, -0.15) is 5.10 Å². The van der Waals surface area contributed by atoms with Crippen LogP contribution < -0.4 is 10.5 Å². The Hall–Kier alpha value is -1.97. The highest BCUT2D eigenvalue weighted by molar-refractivity contribution is 5.48. The van der Waals surface area contributed by atoms with E-state index in [1.165, 1.54) is 11.3 Å². The maximum absolute atomic E-state index is 5.77. The van der Waals surface area contributed by atoms with Gasteiger partial charge in [0.25, 0.3) is 0 Å². The van der Waals surface area contributed by atoms with Crippen molar-refractivity contribution in [3.8, 4) is 5.75 Å². The standard InChI is InChI=1S/C15H21N3O/c1-5-14-10(2)17-18(11(14)3)9-12-6-7-13(16)8-15(12)19-4/h6-8H,5,9,16H2,1-4H3. The van der Waals surface area contributed by atoms with Crippen molar-refractivity contribution < 1.29 is 4.74 Å². The Labute approximate surface area is 114 Å². The summed E-state index contributed by atoms with van der Waals surface area (Å²) < 4.78 is 7.41. The third-order valence-electron chi connectivity index (χ3n) is 3.52. The number of nitrogens with two attached hydrogens (primary N) is 1. The van der Waals surface area contributed by atoms with Crippen molar-refractivity contribution in [2.75, 3.05) is 12.8 Å². The largest absolute Gasteiger partial charge is 0.496 e. The molecule has 4 nitrogen and oxygen atoms in total. The van der Waals surface area contributed by atoms with Crippen LogP contribution in [0.5, 0.6) is 5.75 Å². The fourth-order valence-electron chi connectivity index (χ4n) is 2.45. The second kappa shape index (κ2) is 5.34. The number of aryl methyl sites for hydroxylation is 1. The Morgan fingerprint density at radius 2 is 2.05 bits per heavy atom. The first-order valence-electron chi connectivity index (χ1n) is 6.52. The Bertz CT molecular complexity index is 587. The van der Waals surface area contributed by atoms with Gasteiger partial charge < -0.3 is 10.5 Å². The molecule has 1 aromatic carbocycles. The number of hydrogen-bond acceptors (Lipinski definition) is 3. The lowest BCUT2D eigenvalue weighted by Crippen LogP contribution is -2.06. The van der Waals surface area contributed by atoms with Gasteiger partial charge in [-0.05, 0) is 31.9 Å². The molecule has 0 fully saturated rings. The van der Waals surface area contributed by atoms with Gasteiger partial charge in [0.05, 0.1) is 19.3 Å². The first-order valence-corrected chi connectivity index (χ1v) is 6.52. The molecular weight excluding hydrogens is 238 g/mol. The number of methoxy groups -OCH3 is 1. The van der Waals surface area contributed by atoms with Crippen LogP contribution in [0.4, 0.5) is 5.69 Å².